The van der Waals surface area contributed by atoms with Gasteiger partial charge in [0.05, 0.1) is 16.8 Å². The fourth-order valence-corrected chi connectivity index (χ4v) is 4.40. The van der Waals surface area contributed by atoms with Crippen LogP contribution in [0.5, 0.6) is 0 Å². The van der Waals surface area contributed by atoms with E-state index in [0.29, 0.717) is 27.2 Å². The van der Waals surface area contributed by atoms with Gasteiger partial charge in [-0.15, -0.1) is 0 Å². The van der Waals surface area contributed by atoms with Gasteiger partial charge in [0.2, 0.25) is 0 Å². The normalized spacial score (nSPS) is 15.7. The number of hydrazone groups is 1. The molecule has 32 heavy (non-hydrogen) atoms. The third-order valence-corrected chi connectivity index (χ3v) is 6.38. The highest BCUT2D eigenvalue weighted by molar-refractivity contribution is 9.10. The number of nitrogens with zero attached hydrogens (tertiary/aromatic N) is 1. The average Bonchev–Trinajstić information content (AvgIpc) is 2.84. The molecular weight excluding hydrogens is 466 g/mol. The first-order chi connectivity index (χ1) is 15.6. The predicted molar refractivity (Wildman–Crippen MR) is 131 cm³/mol. The second-order valence-corrected chi connectivity index (χ2v) is 8.64. The maximum Gasteiger partial charge on any atom is 0.273 e. The molecule has 1 aliphatic rings. The highest BCUT2D eigenvalue weighted by Gasteiger charge is 2.20. The molecule has 0 aliphatic heterocycles. The summed E-state index contributed by atoms with van der Waals surface area (Å²) in [6.07, 6.45) is 3.77. The zero-order chi connectivity index (χ0) is 22.3. The summed E-state index contributed by atoms with van der Waals surface area (Å²) in [6, 6.07) is 24.6. The number of para-hydroxylation sites is 1. The number of anilines is 1. The number of nitrogens with one attached hydrogen (secondary N) is 2. The molecule has 3 aromatic carbocycles. The molecule has 0 unspecified atom stereocenters. The molecule has 4 rings (SSSR count). The summed E-state index contributed by atoms with van der Waals surface area (Å²) in [5, 5.41) is 7.21. The number of carbonyl (C=O) groups excluding carboxylic acids is 2. The van der Waals surface area contributed by atoms with Gasteiger partial charge in [0.25, 0.3) is 11.8 Å². The van der Waals surface area contributed by atoms with Crippen molar-refractivity contribution in [3.8, 4) is 0 Å². The lowest BCUT2D eigenvalue weighted by Gasteiger charge is -2.23. The van der Waals surface area contributed by atoms with E-state index in [1.165, 1.54) is 5.56 Å². The Balaban J connectivity index is 1.39. The highest BCUT2D eigenvalue weighted by atomic mass is 79.9. The van der Waals surface area contributed by atoms with Gasteiger partial charge in [-0.1, -0.05) is 54.6 Å². The first-order valence-electron chi connectivity index (χ1n) is 10.7. The molecule has 3 aromatic rings. The minimum absolute atomic E-state index is 0.289. The van der Waals surface area contributed by atoms with Crippen molar-refractivity contribution in [3.05, 3.63) is 100 Å². The Morgan fingerprint density at radius 2 is 1.41 bits per heavy atom. The Kier molecular flexibility index (Phi) is 7.12. The number of hydrogen-bond donors (Lipinski definition) is 2. The summed E-state index contributed by atoms with van der Waals surface area (Å²) in [5.41, 5.74) is 6.35. The SMILES string of the molecule is O=C(Nc1ccccc1C(=O)NN=C1CCC(c2ccccc2)CC1)c1ccccc1Br. The molecule has 0 radical (unpaired) electrons. The minimum atomic E-state index is -0.342. The highest BCUT2D eigenvalue weighted by Crippen LogP contribution is 2.31. The molecule has 1 aliphatic carbocycles. The standard InChI is InChI=1S/C26H24BrN3O2/c27-23-12-6-4-10-21(23)25(31)28-24-13-7-5-11-22(24)26(32)30-29-20-16-14-19(15-17-20)18-8-2-1-3-9-18/h1-13,19H,14-17H2,(H,28,31)(H,30,32). The van der Waals surface area contributed by atoms with Gasteiger partial charge >= 0.3 is 0 Å². The maximum atomic E-state index is 12.8. The van der Waals surface area contributed by atoms with Crippen molar-refractivity contribution < 1.29 is 9.59 Å². The minimum Gasteiger partial charge on any atom is -0.321 e. The molecule has 2 amide bonds. The van der Waals surface area contributed by atoms with Crippen LogP contribution in [0.4, 0.5) is 5.69 Å². The fourth-order valence-electron chi connectivity index (χ4n) is 3.94. The first kappa shape index (κ1) is 22.0. The summed E-state index contributed by atoms with van der Waals surface area (Å²) < 4.78 is 0.692. The molecule has 2 N–H and O–H groups in total. The summed E-state index contributed by atoms with van der Waals surface area (Å²) >= 11 is 3.39. The molecule has 0 atom stereocenters. The number of hydrogen-bond acceptors (Lipinski definition) is 3. The Hall–Kier alpha value is -3.25. The van der Waals surface area contributed by atoms with E-state index in [9.17, 15) is 9.59 Å². The van der Waals surface area contributed by atoms with Crippen LogP contribution in [0.15, 0.2) is 88.4 Å². The Bertz CT molecular complexity index is 1130. The molecule has 0 heterocycles. The number of halogens is 1. The van der Waals surface area contributed by atoms with Gasteiger partial charge in [-0.2, -0.15) is 5.10 Å². The van der Waals surface area contributed by atoms with Crippen molar-refractivity contribution in [1.29, 1.82) is 0 Å². The number of amides is 2. The van der Waals surface area contributed by atoms with Crippen LogP contribution in [0, 0.1) is 0 Å². The van der Waals surface area contributed by atoms with Gasteiger partial charge in [-0.05, 0) is 77.4 Å². The van der Waals surface area contributed by atoms with Crippen LogP contribution in [0.3, 0.4) is 0 Å². The van der Waals surface area contributed by atoms with E-state index < -0.39 is 0 Å². The summed E-state index contributed by atoms with van der Waals surface area (Å²) in [5.74, 6) is -0.0897. The van der Waals surface area contributed by atoms with Crippen LogP contribution in [0.1, 0.15) is 57.9 Å². The van der Waals surface area contributed by atoms with Crippen LogP contribution in [0.25, 0.3) is 0 Å². The van der Waals surface area contributed by atoms with Crippen molar-refractivity contribution >= 4 is 39.1 Å². The quantitative estimate of drug-likeness (QED) is 0.422. The van der Waals surface area contributed by atoms with Gasteiger partial charge < -0.3 is 5.32 Å². The molecule has 0 bridgehead atoms. The van der Waals surface area contributed by atoms with E-state index in [-0.39, 0.29) is 11.8 Å². The van der Waals surface area contributed by atoms with E-state index in [4.69, 9.17) is 0 Å². The molecule has 5 nitrogen and oxygen atoms in total. The van der Waals surface area contributed by atoms with Gasteiger partial charge in [-0.25, -0.2) is 5.43 Å². The molecule has 0 spiro atoms. The third kappa shape index (κ3) is 5.32. The maximum absolute atomic E-state index is 12.8. The lowest BCUT2D eigenvalue weighted by atomic mass is 9.83. The average molecular weight is 490 g/mol. The summed E-state index contributed by atoms with van der Waals surface area (Å²) in [4.78, 5) is 25.5. The third-order valence-electron chi connectivity index (χ3n) is 5.69. The Morgan fingerprint density at radius 1 is 0.781 bits per heavy atom. The molecule has 0 saturated heterocycles. The van der Waals surface area contributed by atoms with Gasteiger partial charge in [0.15, 0.2) is 0 Å². The zero-order valence-corrected chi connectivity index (χ0v) is 19.1. The fraction of sp³-hybridized carbons (Fsp3) is 0.192. The topological polar surface area (TPSA) is 70.6 Å². The smallest absolute Gasteiger partial charge is 0.273 e. The van der Waals surface area contributed by atoms with E-state index in [0.717, 1.165) is 31.4 Å². The van der Waals surface area contributed by atoms with Crippen LogP contribution in [0.2, 0.25) is 0 Å². The molecule has 6 heteroatoms. The number of benzene rings is 3. The second kappa shape index (κ2) is 10.4. The number of rotatable bonds is 5. The monoisotopic (exact) mass is 489 g/mol. The molecule has 162 valence electrons. The van der Waals surface area contributed by atoms with Crippen molar-refractivity contribution in [2.24, 2.45) is 5.10 Å². The van der Waals surface area contributed by atoms with Crippen LogP contribution >= 0.6 is 15.9 Å². The van der Waals surface area contributed by atoms with Crippen molar-refractivity contribution in [2.45, 2.75) is 31.6 Å². The summed E-state index contributed by atoms with van der Waals surface area (Å²) in [6.45, 7) is 0. The predicted octanol–water partition coefficient (Wildman–Crippen LogP) is 6.15. The zero-order valence-electron chi connectivity index (χ0n) is 17.6. The number of carbonyl (C=O) groups is 2. The van der Waals surface area contributed by atoms with E-state index in [1.54, 1.807) is 42.5 Å². The van der Waals surface area contributed by atoms with Gasteiger partial charge in [0.1, 0.15) is 0 Å². The lowest BCUT2D eigenvalue weighted by molar-refractivity contribution is 0.0955. The van der Waals surface area contributed by atoms with Crippen LogP contribution in [-0.4, -0.2) is 17.5 Å². The lowest BCUT2D eigenvalue weighted by Crippen LogP contribution is -2.24. The molecule has 1 fully saturated rings. The largest absolute Gasteiger partial charge is 0.321 e. The second-order valence-electron chi connectivity index (χ2n) is 7.78. The molecule has 0 aromatic heterocycles. The van der Waals surface area contributed by atoms with Crippen molar-refractivity contribution in [1.82, 2.24) is 5.43 Å². The van der Waals surface area contributed by atoms with Crippen LogP contribution < -0.4 is 10.7 Å². The Morgan fingerprint density at radius 3 is 2.12 bits per heavy atom. The molecule has 1 saturated carbocycles. The van der Waals surface area contributed by atoms with Crippen molar-refractivity contribution in [3.63, 3.8) is 0 Å². The van der Waals surface area contributed by atoms with Crippen molar-refractivity contribution in [2.75, 3.05) is 5.32 Å². The van der Waals surface area contributed by atoms with E-state index in [1.807, 2.05) is 12.1 Å². The van der Waals surface area contributed by atoms with E-state index in [2.05, 4.69) is 56.0 Å². The molecular formula is C26H24BrN3O2. The van der Waals surface area contributed by atoms with E-state index >= 15 is 0 Å². The van der Waals surface area contributed by atoms with Gasteiger partial charge in [-0.3, -0.25) is 9.59 Å². The van der Waals surface area contributed by atoms with Gasteiger partial charge in [0, 0.05) is 10.2 Å². The Labute approximate surface area is 196 Å². The summed E-state index contributed by atoms with van der Waals surface area (Å²) in [7, 11) is 0. The van der Waals surface area contributed by atoms with Crippen LogP contribution in [-0.2, 0) is 0 Å². The first-order valence-corrected chi connectivity index (χ1v) is 11.5.